The summed E-state index contributed by atoms with van der Waals surface area (Å²) >= 11 is 0. The second-order valence-corrected chi connectivity index (χ2v) is 8.77. The van der Waals surface area contributed by atoms with Gasteiger partial charge in [0.25, 0.3) is 0 Å². The second kappa shape index (κ2) is 7.59. The highest BCUT2D eigenvalue weighted by molar-refractivity contribution is 5.77. The van der Waals surface area contributed by atoms with Gasteiger partial charge in [0, 0.05) is 6.61 Å². The minimum Gasteiger partial charge on any atom is -0.469 e. The molecule has 0 aromatic carbocycles. The van der Waals surface area contributed by atoms with Crippen LogP contribution in [0.3, 0.4) is 0 Å². The molecule has 138 valence electrons. The third-order valence-electron chi connectivity index (χ3n) is 7.24. The molecule has 0 radical (unpaired) electrons. The van der Waals surface area contributed by atoms with E-state index in [9.17, 15) is 4.79 Å². The fourth-order valence-electron chi connectivity index (χ4n) is 5.78. The fourth-order valence-corrected chi connectivity index (χ4v) is 5.78. The van der Waals surface area contributed by atoms with Crippen LogP contribution in [0.15, 0.2) is 12.2 Å². The van der Waals surface area contributed by atoms with Crippen molar-refractivity contribution < 1.29 is 14.6 Å². The summed E-state index contributed by atoms with van der Waals surface area (Å²) in [5, 5.41) is 9.15. The van der Waals surface area contributed by atoms with Crippen LogP contribution in [0.2, 0.25) is 0 Å². The molecule has 3 heteroatoms. The van der Waals surface area contributed by atoms with E-state index in [1.54, 1.807) is 0 Å². The Labute approximate surface area is 147 Å². The smallest absolute Gasteiger partial charge is 0.311 e. The van der Waals surface area contributed by atoms with E-state index in [0.717, 1.165) is 44.9 Å². The molecule has 1 unspecified atom stereocenters. The summed E-state index contributed by atoms with van der Waals surface area (Å²) in [6, 6.07) is 0. The first-order chi connectivity index (χ1) is 11.3. The lowest BCUT2D eigenvalue weighted by atomic mass is 9.46. The lowest BCUT2D eigenvalue weighted by Crippen LogP contribution is -2.53. The van der Waals surface area contributed by atoms with Crippen molar-refractivity contribution in [1.29, 1.82) is 0 Å². The molecule has 0 saturated heterocycles. The highest BCUT2D eigenvalue weighted by Crippen LogP contribution is 2.62. The Morgan fingerprint density at radius 2 is 2.08 bits per heavy atom. The Hall–Kier alpha value is -0.830. The number of allylic oxidation sites excluding steroid dienone is 1. The van der Waals surface area contributed by atoms with Crippen molar-refractivity contribution in [2.45, 2.75) is 72.1 Å². The number of hydrogen-bond acceptors (Lipinski definition) is 3. The standard InChI is InChI=1S/C21H36O3/c1-15(11-14-22)7-9-17-16(2)8-10-18-20(17,3)12-6-13-21(18,4)19(23)24-5/h15,17-18,22H,2,6-14H2,1,3-5H3/t15-,17?,18+,20+,21-/m0/s1. The maximum Gasteiger partial charge on any atom is 0.311 e. The molecule has 2 rings (SSSR count). The number of esters is 1. The van der Waals surface area contributed by atoms with Gasteiger partial charge >= 0.3 is 5.97 Å². The Balaban J connectivity index is 2.22. The molecule has 0 heterocycles. The summed E-state index contributed by atoms with van der Waals surface area (Å²) in [4.78, 5) is 12.6. The number of fused-ring (bicyclic) bond motifs is 1. The fraction of sp³-hybridized carbons (Fsp3) is 0.857. The summed E-state index contributed by atoms with van der Waals surface area (Å²) in [5.41, 5.74) is 1.17. The highest BCUT2D eigenvalue weighted by Gasteiger charge is 2.57. The van der Waals surface area contributed by atoms with E-state index in [-0.39, 0.29) is 23.4 Å². The molecule has 2 saturated carbocycles. The van der Waals surface area contributed by atoms with Gasteiger partial charge in [0.05, 0.1) is 12.5 Å². The van der Waals surface area contributed by atoms with Gasteiger partial charge < -0.3 is 9.84 Å². The number of aliphatic hydroxyl groups is 1. The van der Waals surface area contributed by atoms with E-state index in [1.807, 2.05) is 0 Å². The van der Waals surface area contributed by atoms with Crippen molar-refractivity contribution in [1.82, 2.24) is 0 Å². The van der Waals surface area contributed by atoms with Crippen LogP contribution in [0, 0.1) is 28.6 Å². The normalized spacial score (nSPS) is 37.6. The topological polar surface area (TPSA) is 46.5 Å². The van der Waals surface area contributed by atoms with Crippen LogP contribution >= 0.6 is 0 Å². The lowest BCUT2D eigenvalue weighted by Gasteiger charge is -2.57. The van der Waals surface area contributed by atoms with Gasteiger partial charge in [0.2, 0.25) is 0 Å². The molecular formula is C21H36O3. The maximum absolute atomic E-state index is 12.6. The van der Waals surface area contributed by atoms with E-state index < -0.39 is 0 Å². The van der Waals surface area contributed by atoms with Gasteiger partial charge in [-0.25, -0.2) is 0 Å². The van der Waals surface area contributed by atoms with Gasteiger partial charge in [0.1, 0.15) is 0 Å². The van der Waals surface area contributed by atoms with Crippen molar-refractivity contribution in [2.24, 2.45) is 28.6 Å². The van der Waals surface area contributed by atoms with Gasteiger partial charge in [-0.1, -0.05) is 38.8 Å². The summed E-state index contributed by atoms with van der Waals surface area (Å²) in [6.45, 7) is 11.4. The molecular weight excluding hydrogens is 300 g/mol. The minimum atomic E-state index is -0.350. The number of carbonyl (C=O) groups is 1. The zero-order valence-electron chi connectivity index (χ0n) is 16.1. The zero-order valence-corrected chi connectivity index (χ0v) is 16.1. The van der Waals surface area contributed by atoms with Crippen molar-refractivity contribution in [3.63, 3.8) is 0 Å². The van der Waals surface area contributed by atoms with Crippen molar-refractivity contribution in [3.8, 4) is 0 Å². The van der Waals surface area contributed by atoms with Crippen molar-refractivity contribution >= 4 is 5.97 Å². The monoisotopic (exact) mass is 336 g/mol. The molecule has 0 aromatic heterocycles. The van der Waals surface area contributed by atoms with Crippen LogP contribution in [0.4, 0.5) is 0 Å². The Morgan fingerprint density at radius 1 is 1.38 bits per heavy atom. The summed E-state index contributed by atoms with van der Waals surface area (Å²) in [6.07, 6.45) is 8.44. The van der Waals surface area contributed by atoms with Crippen LogP contribution in [-0.4, -0.2) is 24.8 Å². The quantitative estimate of drug-likeness (QED) is 0.563. The molecule has 3 nitrogen and oxygen atoms in total. The number of ether oxygens (including phenoxy) is 1. The third kappa shape index (κ3) is 3.42. The van der Waals surface area contributed by atoms with Crippen LogP contribution in [-0.2, 0) is 9.53 Å². The molecule has 0 amide bonds. The second-order valence-electron chi connectivity index (χ2n) is 8.77. The van der Waals surface area contributed by atoms with E-state index in [4.69, 9.17) is 9.84 Å². The molecule has 0 aromatic rings. The molecule has 0 bridgehead atoms. The molecule has 1 N–H and O–H groups in total. The van der Waals surface area contributed by atoms with Gasteiger partial charge in [-0.05, 0) is 68.6 Å². The molecule has 2 aliphatic rings. The summed E-state index contributed by atoms with van der Waals surface area (Å²) in [5.74, 6) is 1.39. The summed E-state index contributed by atoms with van der Waals surface area (Å²) < 4.78 is 5.19. The predicted octanol–water partition coefficient (Wildman–Crippen LogP) is 4.74. The van der Waals surface area contributed by atoms with E-state index >= 15 is 0 Å². The SMILES string of the molecule is C=C1CC[C@H]2[C@@](C)(C(=O)OC)CCC[C@]2(C)C1CC[C@H](C)CCO. The average Bonchev–Trinajstić information content (AvgIpc) is 2.53. The first-order valence-corrected chi connectivity index (χ1v) is 9.66. The highest BCUT2D eigenvalue weighted by atomic mass is 16.5. The van der Waals surface area contributed by atoms with Crippen molar-refractivity contribution in [3.05, 3.63) is 12.2 Å². The van der Waals surface area contributed by atoms with Crippen LogP contribution in [0.1, 0.15) is 72.1 Å². The Kier molecular flexibility index (Phi) is 6.17. The van der Waals surface area contributed by atoms with Crippen LogP contribution in [0.5, 0.6) is 0 Å². The minimum absolute atomic E-state index is 0.0293. The van der Waals surface area contributed by atoms with Crippen molar-refractivity contribution in [2.75, 3.05) is 13.7 Å². The number of aliphatic hydroxyl groups excluding tert-OH is 1. The van der Waals surface area contributed by atoms with E-state index in [1.165, 1.54) is 19.1 Å². The Bertz CT molecular complexity index is 472. The first-order valence-electron chi connectivity index (χ1n) is 9.66. The largest absolute Gasteiger partial charge is 0.469 e. The zero-order chi connectivity index (χ0) is 18.0. The lowest BCUT2D eigenvalue weighted by molar-refractivity contribution is -0.168. The molecule has 0 aliphatic heterocycles. The maximum atomic E-state index is 12.6. The molecule has 0 spiro atoms. The average molecular weight is 337 g/mol. The summed E-state index contributed by atoms with van der Waals surface area (Å²) in [7, 11) is 1.52. The van der Waals surface area contributed by atoms with E-state index in [2.05, 4.69) is 27.4 Å². The van der Waals surface area contributed by atoms with Gasteiger partial charge in [-0.3, -0.25) is 4.79 Å². The third-order valence-corrected chi connectivity index (χ3v) is 7.24. The van der Waals surface area contributed by atoms with Gasteiger partial charge in [-0.2, -0.15) is 0 Å². The predicted molar refractivity (Wildman–Crippen MR) is 97.5 cm³/mol. The molecule has 2 fully saturated rings. The van der Waals surface area contributed by atoms with Crippen LogP contribution < -0.4 is 0 Å². The van der Waals surface area contributed by atoms with Crippen LogP contribution in [0.25, 0.3) is 0 Å². The van der Waals surface area contributed by atoms with Gasteiger partial charge in [0.15, 0.2) is 0 Å². The number of hydrogen-bond donors (Lipinski definition) is 1. The number of rotatable bonds is 6. The Morgan fingerprint density at radius 3 is 2.71 bits per heavy atom. The van der Waals surface area contributed by atoms with Gasteiger partial charge in [-0.15, -0.1) is 0 Å². The molecule has 2 aliphatic carbocycles. The first kappa shape index (κ1) is 19.5. The molecule has 24 heavy (non-hydrogen) atoms. The molecule has 5 atom stereocenters. The van der Waals surface area contributed by atoms with E-state index in [0.29, 0.717) is 17.8 Å². The number of methoxy groups -OCH3 is 1. The number of carbonyl (C=O) groups excluding carboxylic acids is 1.